The van der Waals surface area contributed by atoms with Crippen LogP contribution in [0.25, 0.3) is 0 Å². The second kappa shape index (κ2) is 5.65. The molecule has 1 aliphatic carbocycles. The highest BCUT2D eigenvalue weighted by molar-refractivity contribution is 5.31. The van der Waals surface area contributed by atoms with Crippen molar-refractivity contribution in [3.8, 4) is 0 Å². The van der Waals surface area contributed by atoms with Crippen LogP contribution in [0, 0.1) is 13.8 Å². The third kappa shape index (κ3) is 3.30. The molecule has 0 radical (unpaired) electrons. The summed E-state index contributed by atoms with van der Waals surface area (Å²) >= 11 is 0. The average molecular weight is 233 g/mol. The zero-order valence-electron chi connectivity index (χ0n) is 11.1. The van der Waals surface area contributed by atoms with Crippen LogP contribution in [0.3, 0.4) is 0 Å². The normalized spacial score (nSPS) is 18.5. The van der Waals surface area contributed by atoms with Gasteiger partial charge >= 0.3 is 0 Å². The zero-order valence-corrected chi connectivity index (χ0v) is 11.1. The summed E-state index contributed by atoms with van der Waals surface area (Å²) in [6.07, 6.45) is 5.44. The summed E-state index contributed by atoms with van der Waals surface area (Å²) in [5.74, 6) is 0. The van der Waals surface area contributed by atoms with E-state index in [4.69, 9.17) is 4.84 Å². The molecule has 17 heavy (non-hydrogen) atoms. The van der Waals surface area contributed by atoms with Crippen LogP contribution >= 0.6 is 0 Å². The molecule has 0 heterocycles. The molecule has 1 aliphatic rings. The molecule has 1 aromatic carbocycles. The van der Waals surface area contributed by atoms with Gasteiger partial charge in [0.25, 0.3) is 0 Å². The van der Waals surface area contributed by atoms with Crippen LogP contribution in [-0.4, -0.2) is 6.10 Å². The lowest BCUT2D eigenvalue weighted by atomic mass is 10.0. The Balaban J connectivity index is 1.89. The van der Waals surface area contributed by atoms with Crippen molar-refractivity contribution in [1.29, 1.82) is 0 Å². The van der Waals surface area contributed by atoms with Crippen molar-refractivity contribution in [2.75, 3.05) is 0 Å². The third-order valence-electron chi connectivity index (χ3n) is 3.74. The van der Waals surface area contributed by atoms with Gasteiger partial charge in [0.1, 0.15) is 0 Å². The lowest BCUT2D eigenvalue weighted by Gasteiger charge is -2.18. The highest BCUT2D eigenvalue weighted by atomic mass is 16.7. The van der Waals surface area contributed by atoms with E-state index in [0.717, 1.165) is 0 Å². The summed E-state index contributed by atoms with van der Waals surface area (Å²) in [7, 11) is 0. The molecule has 0 bridgehead atoms. The van der Waals surface area contributed by atoms with E-state index in [2.05, 4.69) is 44.5 Å². The molecule has 2 heteroatoms. The van der Waals surface area contributed by atoms with Gasteiger partial charge in [0.15, 0.2) is 0 Å². The highest BCUT2D eigenvalue weighted by Gasteiger charge is 2.17. The van der Waals surface area contributed by atoms with Crippen LogP contribution in [0.2, 0.25) is 0 Å². The zero-order chi connectivity index (χ0) is 12.3. The minimum atomic E-state index is 0.259. The predicted molar refractivity (Wildman–Crippen MR) is 70.8 cm³/mol. The minimum Gasteiger partial charge on any atom is -0.298 e. The number of hydrogen-bond acceptors (Lipinski definition) is 2. The quantitative estimate of drug-likeness (QED) is 0.798. The summed E-state index contributed by atoms with van der Waals surface area (Å²) in [5, 5.41) is 0. The second-order valence-corrected chi connectivity index (χ2v) is 5.21. The van der Waals surface area contributed by atoms with Gasteiger partial charge in [-0.25, -0.2) is 0 Å². The number of hydrogen-bond donors (Lipinski definition) is 1. The third-order valence-corrected chi connectivity index (χ3v) is 3.74. The monoisotopic (exact) mass is 233 g/mol. The summed E-state index contributed by atoms with van der Waals surface area (Å²) in [6, 6.07) is 6.86. The van der Waals surface area contributed by atoms with Crippen molar-refractivity contribution in [3.05, 3.63) is 34.9 Å². The van der Waals surface area contributed by atoms with Gasteiger partial charge in [-0.15, -0.1) is 0 Å². The van der Waals surface area contributed by atoms with Crippen molar-refractivity contribution < 1.29 is 4.84 Å². The average Bonchev–Trinajstić information content (AvgIpc) is 2.82. The van der Waals surface area contributed by atoms with Gasteiger partial charge < -0.3 is 0 Å². The van der Waals surface area contributed by atoms with Crippen LogP contribution in [0.4, 0.5) is 0 Å². The lowest BCUT2D eigenvalue weighted by Crippen LogP contribution is -2.24. The Morgan fingerprint density at radius 2 is 1.88 bits per heavy atom. The van der Waals surface area contributed by atoms with Crippen LogP contribution in [0.1, 0.15) is 55.3 Å². The van der Waals surface area contributed by atoms with Gasteiger partial charge in [-0.2, -0.15) is 5.48 Å². The fraction of sp³-hybridized carbons (Fsp3) is 0.600. The van der Waals surface area contributed by atoms with Crippen molar-refractivity contribution in [2.45, 2.75) is 58.6 Å². The van der Waals surface area contributed by atoms with Crippen molar-refractivity contribution >= 4 is 0 Å². The molecule has 2 rings (SSSR count). The Bertz CT molecular complexity index is 369. The first-order valence-corrected chi connectivity index (χ1v) is 6.65. The van der Waals surface area contributed by atoms with E-state index in [0.29, 0.717) is 6.10 Å². The molecule has 0 spiro atoms. The summed E-state index contributed by atoms with van der Waals surface area (Å²) in [5.41, 5.74) is 7.17. The molecule has 1 atom stereocenters. The maximum Gasteiger partial charge on any atom is 0.0790 e. The number of rotatable bonds is 4. The molecule has 1 saturated carbocycles. The van der Waals surface area contributed by atoms with E-state index in [1.165, 1.54) is 42.4 Å². The van der Waals surface area contributed by atoms with E-state index in [-0.39, 0.29) is 6.04 Å². The minimum absolute atomic E-state index is 0.259. The maximum absolute atomic E-state index is 5.74. The summed E-state index contributed by atoms with van der Waals surface area (Å²) in [4.78, 5) is 5.74. The van der Waals surface area contributed by atoms with Crippen molar-refractivity contribution in [2.24, 2.45) is 0 Å². The van der Waals surface area contributed by atoms with Gasteiger partial charge in [-0.1, -0.05) is 31.0 Å². The topological polar surface area (TPSA) is 21.3 Å². The molecule has 0 aliphatic heterocycles. The standard InChI is InChI=1S/C15H23NO/c1-11-8-9-14(10-12(11)2)13(3)16-17-15-6-4-5-7-15/h8-10,13,15-16H,4-7H2,1-3H3. The fourth-order valence-corrected chi connectivity index (χ4v) is 2.31. The molecule has 0 aromatic heterocycles. The molecule has 1 fully saturated rings. The van der Waals surface area contributed by atoms with Crippen LogP contribution in [-0.2, 0) is 4.84 Å². The number of hydroxylamine groups is 1. The lowest BCUT2D eigenvalue weighted by molar-refractivity contribution is -0.0376. The molecular weight excluding hydrogens is 210 g/mol. The van der Waals surface area contributed by atoms with E-state index < -0.39 is 0 Å². The van der Waals surface area contributed by atoms with Crippen LogP contribution < -0.4 is 5.48 Å². The maximum atomic E-state index is 5.74. The molecule has 2 nitrogen and oxygen atoms in total. The molecular formula is C15H23NO. The van der Waals surface area contributed by atoms with E-state index in [1.54, 1.807) is 0 Å². The van der Waals surface area contributed by atoms with E-state index >= 15 is 0 Å². The molecule has 1 unspecified atom stereocenters. The predicted octanol–water partition coefficient (Wildman–Crippen LogP) is 3.83. The largest absolute Gasteiger partial charge is 0.298 e. The first-order valence-electron chi connectivity index (χ1n) is 6.65. The number of aryl methyl sites for hydroxylation is 2. The molecule has 0 saturated heterocycles. The van der Waals surface area contributed by atoms with Crippen molar-refractivity contribution in [1.82, 2.24) is 5.48 Å². The van der Waals surface area contributed by atoms with E-state index in [9.17, 15) is 0 Å². The molecule has 94 valence electrons. The Labute approximate surface area is 104 Å². The van der Waals surface area contributed by atoms with Gasteiger partial charge in [0.2, 0.25) is 0 Å². The second-order valence-electron chi connectivity index (χ2n) is 5.21. The molecule has 1 aromatic rings. The van der Waals surface area contributed by atoms with Gasteiger partial charge in [-0.05, 0) is 50.3 Å². The Morgan fingerprint density at radius 3 is 2.53 bits per heavy atom. The van der Waals surface area contributed by atoms with E-state index in [1.807, 2.05) is 0 Å². The SMILES string of the molecule is Cc1ccc(C(C)NOC2CCCC2)cc1C. The summed E-state index contributed by atoms with van der Waals surface area (Å²) in [6.45, 7) is 6.45. The smallest absolute Gasteiger partial charge is 0.0790 e. The molecule has 0 amide bonds. The van der Waals surface area contributed by atoms with Gasteiger partial charge in [0.05, 0.1) is 12.1 Å². The van der Waals surface area contributed by atoms with Crippen LogP contribution in [0.15, 0.2) is 18.2 Å². The summed E-state index contributed by atoms with van der Waals surface area (Å²) < 4.78 is 0. The molecule has 1 N–H and O–H groups in total. The number of benzene rings is 1. The number of nitrogens with one attached hydrogen (secondary N) is 1. The van der Waals surface area contributed by atoms with Crippen LogP contribution in [0.5, 0.6) is 0 Å². The fourth-order valence-electron chi connectivity index (χ4n) is 2.31. The Morgan fingerprint density at radius 1 is 1.18 bits per heavy atom. The van der Waals surface area contributed by atoms with Crippen molar-refractivity contribution in [3.63, 3.8) is 0 Å². The Kier molecular flexibility index (Phi) is 4.19. The Hall–Kier alpha value is -0.860. The highest BCUT2D eigenvalue weighted by Crippen LogP contribution is 2.22. The van der Waals surface area contributed by atoms with Gasteiger partial charge in [0, 0.05) is 0 Å². The first-order chi connectivity index (χ1) is 8.16. The van der Waals surface area contributed by atoms with Gasteiger partial charge in [-0.3, -0.25) is 4.84 Å². The first kappa shape index (κ1) is 12.6.